The Morgan fingerprint density at radius 2 is 2.11 bits per heavy atom. The average molecular weight is 265 g/mol. The molecule has 0 spiro atoms. The molecule has 6 heteroatoms. The van der Waals surface area contributed by atoms with Crippen LogP contribution in [0.3, 0.4) is 0 Å². The Balaban J connectivity index is 2.88. The highest BCUT2D eigenvalue weighted by atomic mass is 16.5. The van der Waals surface area contributed by atoms with Crippen LogP contribution < -0.4 is 21.5 Å². The van der Waals surface area contributed by atoms with Crippen molar-refractivity contribution in [2.75, 3.05) is 19.0 Å². The van der Waals surface area contributed by atoms with Crippen LogP contribution in [0.4, 0.5) is 5.69 Å². The minimum atomic E-state index is -0.562. The molecule has 1 aromatic rings. The van der Waals surface area contributed by atoms with Crippen LogP contribution >= 0.6 is 0 Å². The fraction of sp³-hybridized carbons (Fsp3) is 0.385. The zero-order valence-electron chi connectivity index (χ0n) is 11.1. The van der Waals surface area contributed by atoms with Gasteiger partial charge in [0.1, 0.15) is 5.75 Å². The van der Waals surface area contributed by atoms with Crippen LogP contribution in [0.25, 0.3) is 0 Å². The van der Waals surface area contributed by atoms with Crippen molar-refractivity contribution >= 4 is 17.5 Å². The number of carbonyl (C=O) groups is 2. The summed E-state index contributed by atoms with van der Waals surface area (Å²) in [6.45, 7) is 2.32. The molecule has 1 atom stereocenters. The van der Waals surface area contributed by atoms with E-state index in [0.717, 1.165) is 0 Å². The molecule has 1 aromatic carbocycles. The number of primary amides is 1. The Kier molecular flexibility index (Phi) is 5.32. The lowest BCUT2D eigenvalue weighted by Gasteiger charge is -2.13. The molecule has 0 heterocycles. The fourth-order valence-electron chi connectivity index (χ4n) is 1.56. The van der Waals surface area contributed by atoms with Crippen molar-refractivity contribution in [1.82, 2.24) is 0 Å². The fourth-order valence-corrected chi connectivity index (χ4v) is 1.56. The molecule has 2 amide bonds. The van der Waals surface area contributed by atoms with E-state index in [2.05, 4.69) is 5.32 Å². The number of nitrogens with two attached hydrogens (primary N) is 2. The summed E-state index contributed by atoms with van der Waals surface area (Å²) in [5.74, 6) is -0.185. The molecule has 0 saturated carbocycles. The molecule has 19 heavy (non-hydrogen) atoms. The topological polar surface area (TPSA) is 107 Å². The predicted octanol–water partition coefficient (Wildman–Crippen LogP) is 0.717. The summed E-state index contributed by atoms with van der Waals surface area (Å²) < 4.78 is 5.12. The molecule has 0 aliphatic heterocycles. The lowest BCUT2D eigenvalue weighted by Crippen LogP contribution is -2.20. The van der Waals surface area contributed by atoms with Crippen molar-refractivity contribution in [2.24, 2.45) is 17.4 Å². The second-order valence-electron chi connectivity index (χ2n) is 4.37. The molecule has 0 bridgehead atoms. The molecule has 1 rings (SSSR count). The van der Waals surface area contributed by atoms with Crippen LogP contribution in [-0.2, 0) is 4.79 Å². The van der Waals surface area contributed by atoms with E-state index >= 15 is 0 Å². The van der Waals surface area contributed by atoms with Crippen LogP contribution in [0, 0.1) is 5.92 Å². The van der Waals surface area contributed by atoms with Crippen molar-refractivity contribution in [3.05, 3.63) is 23.8 Å². The van der Waals surface area contributed by atoms with Gasteiger partial charge in [0, 0.05) is 12.0 Å². The third kappa shape index (κ3) is 4.26. The maximum atomic E-state index is 11.8. The Morgan fingerprint density at radius 1 is 1.42 bits per heavy atom. The van der Waals surface area contributed by atoms with E-state index in [1.165, 1.54) is 13.2 Å². The first-order chi connectivity index (χ1) is 8.97. The van der Waals surface area contributed by atoms with Gasteiger partial charge in [-0.05, 0) is 30.7 Å². The van der Waals surface area contributed by atoms with Crippen molar-refractivity contribution in [3.63, 3.8) is 0 Å². The smallest absolute Gasteiger partial charge is 0.248 e. The Labute approximate surface area is 112 Å². The number of benzene rings is 1. The highest BCUT2D eigenvalue weighted by Gasteiger charge is 2.12. The second kappa shape index (κ2) is 6.75. The number of carbonyl (C=O) groups excluding carboxylic acids is 2. The van der Waals surface area contributed by atoms with Crippen molar-refractivity contribution in [3.8, 4) is 5.75 Å². The number of hydrogen-bond acceptors (Lipinski definition) is 4. The van der Waals surface area contributed by atoms with Gasteiger partial charge in [0.2, 0.25) is 11.8 Å². The van der Waals surface area contributed by atoms with Gasteiger partial charge in [0.05, 0.1) is 12.8 Å². The summed E-state index contributed by atoms with van der Waals surface area (Å²) in [6.07, 6.45) is 0.306. The van der Waals surface area contributed by atoms with Gasteiger partial charge in [-0.3, -0.25) is 9.59 Å². The molecule has 5 N–H and O–H groups in total. The number of amides is 2. The minimum Gasteiger partial charge on any atom is -0.495 e. The summed E-state index contributed by atoms with van der Waals surface area (Å²) in [4.78, 5) is 22.9. The van der Waals surface area contributed by atoms with E-state index in [0.29, 0.717) is 30.0 Å². The van der Waals surface area contributed by atoms with E-state index in [4.69, 9.17) is 16.2 Å². The molecule has 0 radical (unpaired) electrons. The molecule has 0 aliphatic carbocycles. The molecule has 6 nitrogen and oxygen atoms in total. The maximum Gasteiger partial charge on any atom is 0.248 e. The zero-order chi connectivity index (χ0) is 14.4. The standard InChI is InChI=1S/C13H19N3O3/c1-8(7-14)5-12(17)16-10-6-9(13(15)18)3-4-11(10)19-2/h3-4,6,8H,5,7,14H2,1-2H3,(H2,15,18)(H,16,17). The van der Waals surface area contributed by atoms with Crippen LogP contribution in [0.5, 0.6) is 5.75 Å². The highest BCUT2D eigenvalue weighted by Crippen LogP contribution is 2.25. The van der Waals surface area contributed by atoms with E-state index in [-0.39, 0.29) is 11.8 Å². The van der Waals surface area contributed by atoms with Crippen molar-refractivity contribution in [2.45, 2.75) is 13.3 Å². The van der Waals surface area contributed by atoms with Gasteiger partial charge >= 0.3 is 0 Å². The summed E-state index contributed by atoms with van der Waals surface area (Å²) >= 11 is 0. The summed E-state index contributed by atoms with van der Waals surface area (Å²) in [7, 11) is 1.48. The van der Waals surface area contributed by atoms with Crippen molar-refractivity contribution in [1.29, 1.82) is 0 Å². The molecule has 0 aliphatic rings. The minimum absolute atomic E-state index is 0.0883. The lowest BCUT2D eigenvalue weighted by atomic mass is 10.1. The van der Waals surface area contributed by atoms with Crippen LogP contribution in [-0.4, -0.2) is 25.5 Å². The summed E-state index contributed by atoms with van der Waals surface area (Å²) in [5.41, 5.74) is 11.4. The molecule has 0 fully saturated rings. The van der Waals surface area contributed by atoms with E-state index in [1.54, 1.807) is 12.1 Å². The Morgan fingerprint density at radius 3 is 2.63 bits per heavy atom. The number of hydrogen-bond donors (Lipinski definition) is 3. The van der Waals surface area contributed by atoms with Gasteiger partial charge in [0.15, 0.2) is 0 Å². The maximum absolute atomic E-state index is 11.8. The van der Waals surface area contributed by atoms with Gasteiger partial charge < -0.3 is 21.5 Å². The van der Waals surface area contributed by atoms with E-state index in [1.807, 2.05) is 6.92 Å². The number of ether oxygens (including phenoxy) is 1. The lowest BCUT2D eigenvalue weighted by molar-refractivity contribution is -0.116. The molecule has 1 unspecified atom stereocenters. The second-order valence-corrected chi connectivity index (χ2v) is 4.37. The summed E-state index contributed by atoms with van der Waals surface area (Å²) in [5, 5.41) is 2.69. The highest BCUT2D eigenvalue weighted by molar-refractivity contribution is 5.97. The third-order valence-corrected chi connectivity index (χ3v) is 2.69. The zero-order valence-corrected chi connectivity index (χ0v) is 11.1. The van der Waals surface area contributed by atoms with Gasteiger partial charge in [-0.25, -0.2) is 0 Å². The molecular weight excluding hydrogens is 246 g/mol. The number of rotatable bonds is 6. The first-order valence-corrected chi connectivity index (χ1v) is 5.95. The molecular formula is C13H19N3O3. The van der Waals surface area contributed by atoms with Crippen molar-refractivity contribution < 1.29 is 14.3 Å². The van der Waals surface area contributed by atoms with E-state index < -0.39 is 5.91 Å². The SMILES string of the molecule is COc1ccc(C(N)=O)cc1NC(=O)CC(C)CN. The van der Waals surface area contributed by atoms with Gasteiger partial charge in [-0.15, -0.1) is 0 Å². The average Bonchev–Trinajstić information content (AvgIpc) is 2.38. The molecule has 0 saturated heterocycles. The first kappa shape index (κ1) is 15.0. The Hall–Kier alpha value is -2.08. The molecule has 0 aromatic heterocycles. The normalized spacial score (nSPS) is 11.7. The number of methoxy groups -OCH3 is 1. The number of nitrogens with one attached hydrogen (secondary N) is 1. The van der Waals surface area contributed by atoms with Crippen LogP contribution in [0.2, 0.25) is 0 Å². The Bertz CT molecular complexity index is 474. The van der Waals surface area contributed by atoms with Crippen LogP contribution in [0.1, 0.15) is 23.7 Å². The van der Waals surface area contributed by atoms with Crippen LogP contribution in [0.15, 0.2) is 18.2 Å². The summed E-state index contributed by atoms with van der Waals surface area (Å²) in [6, 6.07) is 4.62. The largest absolute Gasteiger partial charge is 0.495 e. The number of anilines is 1. The predicted molar refractivity (Wildman–Crippen MR) is 73.0 cm³/mol. The monoisotopic (exact) mass is 265 g/mol. The quantitative estimate of drug-likeness (QED) is 0.704. The third-order valence-electron chi connectivity index (χ3n) is 2.69. The first-order valence-electron chi connectivity index (χ1n) is 5.95. The van der Waals surface area contributed by atoms with Gasteiger partial charge in [-0.1, -0.05) is 6.92 Å². The van der Waals surface area contributed by atoms with Gasteiger partial charge in [-0.2, -0.15) is 0 Å². The van der Waals surface area contributed by atoms with Gasteiger partial charge in [0.25, 0.3) is 0 Å². The van der Waals surface area contributed by atoms with E-state index in [9.17, 15) is 9.59 Å². The molecule has 104 valence electrons.